The van der Waals surface area contributed by atoms with Crippen LogP contribution in [0.25, 0.3) is 0 Å². The molecule has 4 nitrogen and oxygen atoms in total. The second-order valence-electron chi connectivity index (χ2n) is 5.21. The van der Waals surface area contributed by atoms with E-state index in [1.54, 1.807) is 18.2 Å². The van der Waals surface area contributed by atoms with Crippen LogP contribution in [0.4, 0.5) is 5.69 Å². The standard InChI is InChI=1S/C17H28N2O2/c1-5-8-11-19(6-2)13(4)17(20)14-9-10-16(21-7-3)15(18)12-14/h9-10,12-13H,5-8,11,18H2,1-4H3. The predicted octanol–water partition coefficient (Wildman–Crippen LogP) is 3.36. The number of ether oxygens (including phenoxy) is 1. The molecule has 2 N–H and O–H groups in total. The molecule has 0 bridgehead atoms. The van der Waals surface area contributed by atoms with Crippen molar-refractivity contribution in [3.63, 3.8) is 0 Å². The van der Waals surface area contributed by atoms with E-state index < -0.39 is 0 Å². The summed E-state index contributed by atoms with van der Waals surface area (Å²) in [4.78, 5) is 14.8. The summed E-state index contributed by atoms with van der Waals surface area (Å²) in [5.41, 5.74) is 7.11. The Kier molecular flexibility index (Phi) is 7.23. The molecule has 0 spiro atoms. The maximum atomic E-state index is 12.6. The third kappa shape index (κ3) is 4.74. The van der Waals surface area contributed by atoms with Crippen LogP contribution in [0.2, 0.25) is 0 Å². The summed E-state index contributed by atoms with van der Waals surface area (Å²) in [6.07, 6.45) is 2.24. The molecule has 0 aromatic heterocycles. The van der Waals surface area contributed by atoms with E-state index in [0.29, 0.717) is 23.6 Å². The van der Waals surface area contributed by atoms with Crippen LogP contribution in [0.3, 0.4) is 0 Å². The number of ketones is 1. The van der Waals surface area contributed by atoms with Gasteiger partial charge in [-0.05, 0) is 51.6 Å². The molecule has 1 aromatic rings. The summed E-state index contributed by atoms with van der Waals surface area (Å²) in [5, 5.41) is 0. The average Bonchev–Trinajstić information content (AvgIpc) is 2.49. The number of carbonyl (C=O) groups is 1. The molecule has 0 aliphatic carbocycles. The maximum absolute atomic E-state index is 12.6. The van der Waals surface area contributed by atoms with E-state index in [9.17, 15) is 4.79 Å². The highest BCUT2D eigenvalue weighted by molar-refractivity contribution is 6.00. The Morgan fingerprint density at radius 1 is 1.33 bits per heavy atom. The molecule has 0 fully saturated rings. The molecule has 4 heteroatoms. The SMILES string of the molecule is CCCCN(CC)C(C)C(=O)c1ccc(OCC)c(N)c1. The molecule has 1 atom stereocenters. The second kappa shape index (κ2) is 8.67. The van der Waals surface area contributed by atoms with E-state index in [4.69, 9.17) is 10.5 Å². The van der Waals surface area contributed by atoms with E-state index in [1.807, 2.05) is 13.8 Å². The summed E-state index contributed by atoms with van der Waals surface area (Å²) in [6, 6.07) is 5.17. The fourth-order valence-electron chi connectivity index (χ4n) is 2.38. The van der Waals surface area contributed by atoms with E-state index in [1.165, 1.54) is 0 Å². The third-order valence-electron chi connectivity index (χ3n) is 3.73. The molecule has 1 aromatic carbocycles. The number of unbranched alkanes of at least 4 members (excludes halogenated alkanes) is 1. The molecule has 118 valence electrons. The lowest BCUT2D eigenvalue weighted by atomic mass is 10.0. The van der Waals surface area contributed by atoms with Gasteiger partial charge in [0.2, 0.25) is 0 Å². The summed E-state index contributed by atoms with van der Waals surface area (Å²) in [6.45, 7) is 10.5. The van der Waals surface area contributed by atoms with Gasteiger partial charge in [-0.2, -0.15) is 0 Å². The Hall–Kier alpha value is -1.55. The van der Waals surface area contributed by atoms with Gasteiger partial charge in [0.05, 0.1) is 18.3 Å². The number of anilines is 1. The number of nitrogens with zero attached hydrogens (tertiary/aromatic N) is 1. The highest BCUT2D eigenvalue weighted by Gasteiger charge is 2.21. The van der Waals surface area contributed by atoms with Gasteiger partial charge in [0.1, 0.15) is 5.75 Å². The molecule has 0 saturated heterocycles. The zero-order valence-electron chi connectivity index (χ0n) is 13.7. The number of rotatable bonds is 9. The molecule has 21 heavy (non-hydrogen) atoms. The minimum absolute atomic E-state index is 0.114. The summed E-state index contributed by atoms with van der Waals surface area (Å²) in [5.74, 6) is 0.753. The van der Waals surface area contributed by atoms with Gasteiger partial charge in [0, 0.05) is 5.56 Å². The van der Waals surface area contributed by atoms with E-state index >= 15 is 0 Å². The van der Waals surface area contributed by atoms with E-state index in [-0.39, 0.29) is 11.8 Å². The number of nitrogen functional groups attached to an aromatic ring is 1. The highest BCUT2D eigenvalue weighted by Crippen LogP contribution is 2.23. The topological polar surface area (TPSA) is 55.6 Å². The molecular formula is C17H28N2O2. The average molecular weight is 292 g/mol. The first-order valence-corrected chi connectivity index (χ1v) is 7.85. The number of Topliss-reactive ketones (excluding diaryl/α,β-unsaturated/α-hetero) is 1. The largest absolute Gasteiger partial charge is 0.492 e. The molecule has 0 saturated carbocycles. The quantitative estimate of drug-likeness (QED) is 0.560. The van der Waals surface area contributed by atoms with Gasteiger partial charge in [-0.15, -0.1) is 0 Å². The number of likely N-dealkylation sites (N-methyl/N-ethyl adjacent to an activating group) is 1. The van der Waals surface area contributed by atoms with Gasteiger partial charge in [0.15, 0.2) is 5.78 Å². The first-order valence-electron chi connectivity index (χ1n) is 7.85. The van der Waals surface area contributed by atoms with Crippen LogP contribution in [0.1, 0.15) is 50.9 Å². The van der Waals surface area contributed by atoms with Gasteiger partial charge in [-0.25, -0.2) is 0 Å². The molecular weight excluding hydrogens is 264 g/mol. The van der Waals surface area contributed by atoms with Crippen molar-refractivity contribution < 1.29 is 9.53 Å². The van der Waals surface area contributed by atoms with Gasteiger partial charge in [0.25, 0.3) is 0 Å². The Balaban J connectivity index is 2.84. The zero-order valence-corrected chi connectivity index (χ0v) is 13.7. The van der Waals surface area contributed by atoms with Crippen LogP contribution in [0.15, 0.2) is 18.2 Å². The summed E-state index contributed by atoms with van der Waals surface area (Å²) >= 11 is 0. The van der Waals surface area contributed by atoms with Crippen molar-refractivity contribution in [2.45, 2.75) is 46.6 Å². The van der Waals surface area contributed by atoms with Crippen molar-refractivity contribution in [2.24, 2.45) is 0 Å². The van der Waals surface area contributed by atoms with Crippen molar-refractivity contribution in [1.29, 1.82) is 0 Å². The molecule has 1 rings (SSSR count). The smallest absolute Gasteiger partial charge is 0.179 e. The Morgan fingerprint density at radius 2 is 2.05 bits per heavy atom. The summed E-state index contributed by atoms with van der Waals surface area (Å²) < 4.78 is 5.41. The first-order chi connectivity index (χ1) is 10.0. The molecule has 0 amide bonds. The van der Waals surface area contributed by atoms with Crippen molar-refractivity contribution in [3.05, 3.63) is 23.8 Å². The third-order valence-corrected chi connectivity index (χ3v) is 3.73. The summed E-state index contributed by atoms with van der Waals surface area (Å²) in [7, 11) is 0. The van der Waals surface area contributed by atoms with Crippen LogP contribution in [0.5, 0.6) is 5.75 Å². The van der Waals surface area contributed by atoms with Gasteiger partial charge in [-0.1, -0.05) is 20.3 Å². The molecule has 0 aliphatic heterocycles. The second-order valence-corrected chi connectivity index (χ2v) is 5.21. The van der Waals surface area contributed by atoms with Gasteiger partial charge >= 0.3 is 0 Å². The highest BCUT2D eigenvalue weighted by atomic mass is 16.5. The maximum Gasteiger partial charge on any atom is 0.179 e. The predicted molar refractivity (Wildman–Crippen MR) is 88.0 cm³/mol. The fraction of sp³-hybridized carbons (Fsp3) is 0.588. The lowest BCUT2D eigenvalue weighted by molar-refractivity contribution is 0.0843. The Bertz CT molecular complexity index is 460. The Morgan fingerprint density at radius 3 is 2.57 bits per heavy atom. The van der Waals surface area contributed by atoms with Crippen molar-refractivity contribution in [3.8, 4) is 5.75 Å². The first kappa shape index (κ1) is 17.5. The van der Waals surface area contributed by atoms with Crippen LogP contribution < -0.4 is 10.5 Å². The lowest BCUT2D eigenvalue weighted by Crippen LogP contribution is -2.39. The Labute approximate surface area is 128 Å². The number of hydrogen-bond donors (Lipinski definition) is 1. The lowest BCUT2D eigenvalue weighted by Gasteiger charge is -2.26. The van der Waals surface area contributed by atoms with Crippen molar-refractivity contribution in [2.75, 3.05) is 25.4 Å². The molecule has 0 heterocycles. The molecule has 1 unspecified atom stereocenters. The number of nitrogens with two attached hydrogens (primary N) is 1. The van der Waals surface area contributed by atoms with E-state index in [0.717, 1.165) is 25.9 Å². The minimum Gasteiger partial charge on any atom is -0.492 e. The van der Waals surface area contributed by atoms with Crippen LogP contribution in [0, 0.1) is 0 Å². The van der Waals surface area contributed by atoms with Crippen LogP contribution >= 0.6 is 0 Å². The number of carbonyl (C=O) groups excluding carboxylic acids is 1. The van der Waals surface area contributed by atoms with Gasteiger partial charge in [-0.3, -0.25) is 9.69 Å². The fourth-order valence-corrected chi connectivity index (χ4v) is 2.38. The van der Waals surface area contributed by atoms with E-state index in [2.05, 4.69) is 18.7 Å². The van der Waals surface area contributed by atoms with Crippen molar-refractivity contribution >= 4 is 11.5 Å². The molecule has 0 radical (unpaired) electrons. The normalized spacial score (nSPS) is 12.4. The minimum atomic E-state index is -0.126. The zero-order chi connectivity index (χ0) is 15.8. The molecule has 0 aliphatic rings. The monoisotopic (exact) mass is 292 g/mol. The number of hydrogen-bond acceptors (Lipinski definition) is 4. The van der Waals surface area contributed by atoms with Crippen LogP contribution in [-0.2, 0) is 0 Å². The van der Waals surface area contributed by atoms with Crippen molar-refractivity contribution in [1.82, 2.24) is 4.90 Å². The van der Waals surface area contributed by atoms with Gasteiger partial charge < -0.3 is 10.5 Å². The van der Waals surface area contributed by atoms with Crippen LogP contribution in [-0.4, -0.2) is 36.4 Å². The number of benzene rings is 1.